The van der Waals surface area contributed by atoms with Crippen molar-refractivity contribution in [3.8, 4) is 11.6 Å². The number of para-hydroxylation sites is 1. The fourth-order valence-corrected chi connectivity index (χ4v) is 3.91. The van der Waals surface area contributed by atoms with Crippen molar-refractivity contribution in [2.45, 2.75) is 23.8 Å². The number of anilines is 1. The molecule has 1 aliphatic heterocycles. The van der Waals surface area contributed by atoms with Gasteiger partial charge in [0.25, 0.3) is 0 Å². The van der Waals surface area contributed by atoms with Crippen LogP contribution in [0.1, 0.15) is 12.5 Å². The lowest BCUT2D eigenvalue weighted by molar-refractivity contribution is -0.117. The number of furan rings is 1. The van der Waals surface area contributed by atoms with Gasteiger partial charge in [-0.2, -0.15) is 0 Å². The highest BCUT2D eigenvalue weighted by Gasteiger charge is 2.29. The minimum Gasteiger partial charge on any atom is -0.461 e. The smallest absolute Gasteiger partial charge is 0.240 e. The molecule has 6 nitrogen and oxygen atoms in total. The summed E-state index contributed by atoms with van der Waals surface area (Å²) in [5.41, 5.74) is 2.25. The third kappa shape index (κ3) is 2.84. The van der Waals surface area contributed by atoms with Gasteiger partial charge < -0.3 is 13.9 Å². The fraction of sp³-hybridized carbons (Fsp3) is 0.278. The summed E-state index contributed by atoms with van der Waals surface area (Å²) >= 11 is 1.41. The van der Waals surface area contributed by atoms with Gasteiger partial charge in [-0.25, -0.2) is 0 Å². The van der Waals surface area contributed by atoms with Gasteiger partial charge in [0.2, 0.25) is 5.91 Å². The summed E-state index contributed by atoms with van der Waals surface area (Å²) in [5, 5.41) is 8.83. The van der Waals surface area contributed by atoms with Crippen molar-refractivity contribution in [2.75, 3.05) is 11.4 Å². The number of hydrogen-bond donors (Lipinski definition) is 0. The maximum Gasteiger partial charge on any atom is 0.240 e. The second-order valence-electron chi connectivity index (χ2n) is 5.97. The molecule has 0 spiro atoms. The largest absolute Gasteiger partial charge is 0.461 e. The number of aromatic nitrogens is 3. The first-order chi connectivity index (χ1) is 12.1. The molecular weight excluding hydrogens is 336 g/mol. The van der Waals surface area contributed by atoms with Crippen LogP contribution in [0.25, 0.3) is 11.6 Å². The van der Waals surface area contributed by atoms with Crippen LogP contribution >= 0.6 is 11.8 Å². The van der Waals surface area contributed by atoms with E-state index in [-0.39, 0.29) is 11.2 Å². The Kier molecular flexibility index (Phi) is 4.09. The molecule has 0 N–H and O–H groups in total. The molecule has 4 rings (SSSR count). The Hall–Kier alpha value is -2.54. The van der Waals surface area contributed by atoms with Crippen molar-refractivity contribution < 1.29 is 9.21 Å². The Labute approximate surface area is 149 Å². The highest BCUT2D eigenvalue weighted by atomic mass is 32.2. The van der Waals surface area contributed by atoms with E-state index in [1.807, 2.05) is 53.8 Å². The molecule has 2 aromatic heterocycles. The van der Waals surface area contributed by atoms with E-state index in [1.165, 1.54) is 17.3 Å². The lowest BCUT2D eigenvalue weighted by atomic mass is 10.2. The zero-order chi connectivity index (χ0) is 17.4. The third-order valence-electron chi connectivity index (χ3n) is 4.36. The third-order valence-corrected chi connectivity index (χ3v) is 5.48. The van der Waals surface area contributed by atoms with Crippen molar-refractivity contribution in [3.05, 3.63) is 48.2 Å². The molecule has 1 aliphatic rings. The molecule has 0 bridgehead atoms. The van der Waals surface area contributed by atoms with Crippen LogP contribution in [-0.2, 0) is 18.3 Å². The van der Waals surface area contributed by atoms with Crippen molar-refractivity contribution in [2.24, 2.45) is 7.05 Å². The van der Waals surface area contributed by atoms with E-state index in [2.05, 4.69) is 16.3 Å². The number of rotatable bonds is 4. The lowest BCUT2D eigenvalue weighted by Crippen LogP contribution is -2.35. The second-order valence-corrected chi connectivity index (χ2v) is 7.28. The van der Waals surface area contributed by atoms with Gasteiger partial charge >= 0.3 is 0 Å². The number of carbonyl (C=O) groups is 1. The quantitative estimate of drug-likeness (QED) is 0.674. The van der Waals surface area contributed by atoms with E-state index in [0.29, 0.717) is 16.7 Å². The van der Waals surface area contributed by atoms with Crippen LogP contribution in [-0.4, -0.2) is 32.5 Å². The molecule has 1 atom stereocenters. The molecule has 7 heteroatoms. The van der Waals surface area contributed by atoms with Crippen molar-refractivity contribution in [1.82, 2.24) is 14.8 Å². The number of amides is 1. The minimum absolute atomic E-state index is 0.0949. The molecule has 0 radical (unpaired) electrons. The SMILES string of the molecule is C[C@@H](Sc1nnc(-c2ccco2)n1C)C(=O)N1CCc2ccccc21. The predicted molar refractivity (Wildman–Crippen MR) is 96.5 cm³/mol. The summed E-state index contributed by atoms with van der Waals surface area (Å²) in [4.78, 5) is 14.8. The van der Waals surface area contributed by atoms with Gasteiger partial charge in [-0.1, -0.05) is 30.0 Å². The van der Waals surface area contributed by atoms with Gasteiger partial charge in [-0.15, -0.1) is 10.2 Å². The number of nitrogens with zero attached hydrogens (tertiary/aromatic N) is 4. The van der Waals surface area contributed by atoms with E-state index < -0.39 is 0 Å². The first-order valence-electron chi connectivity index (χ1n) is 8.14. The van der Waals surface area contributed by atoms with Crippen LogP contribution in [0.2, 0.25) is 0 Å². The van der Waals surface area contributed by atoms with E-state index in [9.17, 15) is 4.79 Å². The number of thioether (sulfide) groups is 1. The van der Waals surface area contributed by atoms with Crippen molar-refractivity contribution in [1.29, 1.82) is 0 Å². The molecule has 0 saturated carbocycles. The Morgan fingerprint density at radius 3 is 2.88 bits per heavy atom. The zero-order valence-electron chi connectivity index (χ0n) is 14.0. The van der Waals surface area contributed by atoms with Crippen LogP contribution in [0, 0.1) is 0 Å². The van der Waals surface area contributed by atoms with E-state index in [1.54, 1.807) is 6.26 Å². The molecule has 25 heavy (non-hydrogen) atoms. The molecule has 128 valence electrons. The van der Waals surface area contributed by atoms with Crippen LogP contribution in [0.5, 0.6) is 0 Å². The number of benzene rings is 1. The van der Waals surface area contributed by atoms with Crippen molar-refractivity contribution >= 4 is 23.4 Å². The van der Waals surface area contributed by atoms with E-state index in [0.717, 1.165) is 18.7 Å². The minimum atomic E-state index is -0.251. The highest BCUT2D eigenvalue weighted by Crippen LogP contribution is 2.32. The molecule has 1 aromatic carbocycles. The second kappa shape index (κ2) is 6.40. The van der Waals surface area contributed by atoms with E-state index in [4.69, 9.17) is 4.42 Å². The summed E-state index contributed by atoms with van der Waals surface area (Å²) in [7, 11) is 1.88. The van der Waals surface area contributed by atoms with Crippen LogP contribution in [0.3, 0.4) is 0 Å². The summed E-state index contributed by atoms with van der Waals surface area (Å²) in [6.07, 6.45) is 2.51. The fourth-order valence-electron chi connectivity index (χ4n) is 3.03. The van der Waals surface area contributed by atoms with E-state index >= 15 is 0 Å². The predicted octanol–water partition coefficient (Wildman–Crippen LogP) is 3.15. The van der Waals surface area contributed by atoms with Crippen LogP contribution in [0.15, 0.2) is 52.2 Å². The summed E-state index contributed by atoms with van der Waals surface area (Å²) in [6, 6.07) is 11.7. The molecule has 3 heterocycles. The van der Waals surface area contributed by atoms with Crippen molar-refractivity contribution in [3.63, 3.8) is 0 Å². The van der Waals surface area contributed by atoms with Gasteiger partial charge in [0.1, 0.15) is 0 Å². The molecule has 3 aromatic rings. The summed E-state index contributed by atoms with van der Waals surface area (Å²) in [6.45, 7) is 2.65. The zero-order valence-corrected chi connectivity index (χ0v) is 14.9. The maximum absolute atomic E-state index is 12.9. The average Bonchev–Trinajstić information content (AvgIpc) is 3.35. The standard InChI is InChI=1S/C18H18N4O2S/c1-12(17(23)22-10-9-13-6-3-4-7-14(13)22)25-18-20-19-16(21(18)2)15-8-5-11-24-15/h3-8,11-12H,9-10H2,1-2H3/t12-/m1/s1. The molecular formula is C18H18N4O2S. The van der Waals surface area contributed by atoms with Gasteiger partial charge in [-0.05, 0) is 37.1 Å². The Morgan fingerprint density at radius 1 is 1.24 bits per heavy atom. The summed E-state index contributed by atoms with van der Waals surface area (Å²) < 4.78 is 7.23. The maximum atomic E-state index is 12.9. The van der Waals surface area contributed by atoms with Gasteiger partial charge in [0, 0.05) is 19.3 Å². The first-order valence-corrected chi connectivity index (χ1v) is 9.02. The molecule has 0 aliphatic carbocycles. The molecule has 0 unspecified atom stereocenters. The number of hydrogen-bond acceptors (Lipinski definition) is 5. The highest BCUT2D eigenvalue weighted by molar-refractivity contribution is 8.00. The van der Waals surface area contributed by atoms with Crippen LogP contribution in [0.4, 0.5) is 5.69 Å². The monoisotopic (exact) mass is 354 g/mol. The Bertz CT molecular complexity index is 904. The van der Waals surface area contributed by atoms with Gasteiger partial charge in [0.05, 0.1) is 11.5 Å². The lowest BCUT2D eigenvalue weighted by Gasteiger charge is -2.21. The number of fused-ring (bicyclic) bond motifs is 1. The number of carbonyl (C=O) groups excluding carboxylic acids is 1. The Morgan fingerprint density at radius 2 is 2.08 bits per heavy atom. The summed E-state index contributed by atoms with van der Waals surface area (Å²) in [5.74, 6) is 1.41. The Balaban J connectivity index is 1.51. The van der Waals surface area contributed by atoms with Crippen LogP contribution < -0.4 is 4.90 Å². The average molecular weight is 354 g/mol. The van der Waals surface area contributed by atoms with Gasteiger partial charge in [-0.3, -0.25) is 4.79 Å². The molecule has 1 amide bonds. The normalized spacial score (nSPS) is 14.6. The topological polar surface area (TPSA) is 64.2 Å². The first kappa shape index (κ1) is 16.0. The molecule has 0 saturated heterocycles. The molecule has 0 fully saturated rings. The van der Waals surface area contributed by atoms with Gasteiger partial charge in [0.15, 0.2) is 16.7 Å².